The second-order valence-corrected chi connectivity index (χ2v) is 7.24. The van der Waals surface area contributed by atoms with Crippen molar-refractivity contribution in [3.8, 4) is 0 Å². The van der Waals surface area contributed by atoms with Crippen LogP contribution in [0.2, 0.25) is 0 Å². The summed E-state index contributed by atoms with van der Waals surface area (Å²) in [5.41, 5.74) is -0.194. The molecule has 0 aliphatic heterocycles. The Morgan fingerprint density at radius 2 is 1.67 bits per heavy atom. The van der Waals surface area contributed by atoms with E-state index in [1.807, 2.05) is 41.9 Å². The average molecular weight is 239 g/mol. The first-order valence-electron chi connectivity index (χ1n) is 4.82. The van der Waals surface area contributed by atoms with Gasteiger partial charge in [-0.15, -0.1) is 0 Å². The van der Waals surface area contributed by atoms with Gasteiger partial charge in [0.05, 0.1) is 27.7 Å². The van der Waals surface area contributed by atoms with Gasteiger partial charge in [-0.25, -0.2) is 0 Å². The fourth-order valence-electron chi connectivity index (χ4n) is 0.554. The molecule has 1 atom stereocenters. The molecule has 0 radical (unpaired) electrons. The molecule has 0 aliphatic rings. The van der Waals surface area contributed by atoms with Gasteiger partial charge in [-0.3, -0.25) is 9.09 Å². The van der Waals surface area contributed by atoms with Gasteiger partial charge in [0.15, 0.2) is 6.73 Å². The smallest absolute Gasteiger partial charge is 0.272 e. The molecule has 15 heavy (non-hydrogen) atoms. The van der Waals surface area contributed by atoms with Crippen LogP contribution >= 0.6 is 7.82 Å². The molecule has 0 N–H and O–H groups in total. The van der Waals surface area contributed by atoms with E-state index in [0.29, 0.717) is 4.48 Å². The molecular weight excluding hydrogens is 217 g/mol. The first kappa shape index (κ1) is 15.1. The van der Waals surface area contributed by atoms with Crippen LogP contribution in [-0.2, 0) is 13.6 Å². The van der Waals surface area contributed by atoms with Crippen molar-refractivity contribution in [3.63, 3.8) is 0 Å². The fourth-order valence-corrected chi connectivity index (χ4v) is 1.66. The number of hydrogen-bond donors (Lipinski definition) is 0. The van der Waals surface area contributed by atoms with Gasteiger partial charge in [0.1, 0.15) is 0 Å². The van der Waals surface area contributed by atoms with E-state index in [-0.39, 0.29) is 18.8 Å². The molecule has 0 saturated carbocycles. The maximum Gasteiger partial charge on any atom is 0.272 e. The second kappa shape index (κ2) is 4.93. The molecule has 0 rings (SSSR count). The number of nitrogens with zero attached hydrogens (tertiary/aromatic N) is 1. The molecule has 1 unspecified atom stereocenters. The third kappa shape index (κ3) is 10.4. The molecule has 0 spiro atoms. The predicted octanol–water partition coefficient (Wildman–Crippen LogP) is 1.20. The summed E-state index contributed by atoms with van der Waals surface area (Å²) in [6.07, 6.45) is 0. The van der Waals surface area contributed by atoms with Gasteiger partial charge < -0.3 is 13.9 Å². The first-order chi connectivity index (χ1) is 6.41. The van der Waals surface area contributed by atoms with Crippen LogP contribution in [0.5, 0.6) is 0 Å². The summed E-state index contributed by atoms with van der Waals surface area (Å²) in [4.78, 5) is 11.3. The Balaban J connectivity index is 4.04. The molecule has 6 heteroatoms. The van der Waals surface area contributed by atoms with E-state index in [0.717, 1.165) is 0 Å². The fraction of sp³-hybridized carbons (Fsp3) is 1.00. The molecule has 0 saturated heterocycles. The van der Waals surface area contributed by atoms with E-state index < -0.39 is 7.82 Å². The van der Waals surface area contributed by atoms with E-state index in [9.17, 15) is 9.46 Å². The van der Waals surface area contributed by atoms with Crippen molar-refractivity contribution in [2.75, 3.05) is 34.5 Å². The van der Waals surface area contributed by atoms with Crippen LogP contribution in [0.3, 0.4) is 0 Å². The van der Waals surface area contributed by atoms with Gasteiger partial charge in [-0.05, 0) is 5.41 Å². The van der Waals surface area contributed by atoms with Crippen LogP contribution in [0.15, 0.2) is 0 Å². The third-order valence-corrected chi connectivity index (χ3v) is 2.14. The zero-order chi connectivity index (χ0) is 12.3. The molecule has 0 aromatic rings. The number of quaternary nitrogens is 1. The Labute approximate surface area is 92.2 Å². The number of hydrogen-bond acceptors (Lipinski definition) is 4. The van der Waals surface area contributed by atoms with Crippen LogP contribution < -0.4 is 4.89 Å². The summed E-state index contributed by atoms with van der Waals surface area (Å²) in [6, 6.07) is 0. The van der Waals surface area contributed by atoms with Crippen molar-refractivity contribution >= 4 is 7.82 Å². The zero-order valence-corrected chi connectivity index (χ0v) is 11.3. The Bertz CT molecular complexity index is 219. The number of rotatable bonds is 5. The maximum atomic E-state index is 11.3. The Kier molecular flexibility index (Phi) is 4.96. The molecule has 92 valence electrons. The SMILES string of the molecule is CC(C)(C)COP(=O)([O-])OC[N+](C)(C)C. The summed E-state index contributed by atoms with van der Waals surface area (Å²) in [6.45, 7) is 5.89. The molecule has 0 aliphatic carbocycles. The highest BCUT2D eigenvalue weighted by Crippen LogP contribution is 2.40. The molecular formula is C9H22NO4P. The lowest BCUT2D eigenvalue weighted by molar-refractivity contribution is -0.887. The van der Waals surface area contributed by atoms with Crippen LogP contribution in [0, 0.1) is 5.41 Å². The zero-order valence-electron chi connectivity index (χ0n) is 10.4. The average Bonchev–Trinajstić information content (AvgIpc) is 1.96. The van der Waals surface area contributed by atoms with Crippen LogP contribution in [0.4, 0.5) is 0 Å². The summed E-state index contributed by atoms with van der Waals surface area (Å²) >= 11 is 0. The van der Waals surface area contributed by atoms with Crippen LogP contribution in [0.1, 0.15) is 20.8 Å². The van der Waals surface area contributed by atoms with E-state index in [4.69, 9.17) is 9.05 Å². The molecule has 0 aromatic heterocycles. The van der Waals surface area contributed by atoms with E-state index in [1.165, 1.54) is 0 Å². The topological polar surface area (TPSA) is 58.6 Å². The molecule has 0 amide bonds. The van der Waals surface area contributed by atoms with Crippen LogP contribution in [0.25, 0.3) is 0 Å². The summed E-state index contributed by atoms with van der Waals surface area (Å²) < 4.78 is 21.2. The van der Waals surface area contributed by atoms with Gasteiger partial charge >= 0.3 is 0 Å². The Hall–Kier alpha value is 0.0700. The minimum Gasteiger partial charge on any atom is -0.756 e. The Morgan fingerprint density at radius 3 is 2.00 bits per heavy atom. The van der Waals surface area contributed by atoms with Gasteiger partial charge in [-0.2, -0.15) is 0 Å². The van der Waals surface area contributed by atoms with Gasteiger partial charge in [-0.1, -0.05) is 20.8 Å². The third-order valence-electron chi connectivity index (χ3n) is 1.26. The quantitative estimate of drug-likeness (QED) is 0.411. The van der Waals surface area contributed by atoms with E-state index in [1.54, 1.807) is 0 Å². The number of phosphoric ester groups is 1. The van der Waals surface area contributed by atoms with Crippen molar-refractivity contribution in [1.82, 2.24) is 0 Å². The van der Waals surface area contributed by atoms with Crippen molar-refractivity contribution < 1.29 is 23.0 Å². The lowest BCUT2D eigenvalue weighted by Crippen LogP contribution is -2.37. The largest absolute Gasteiger partial charge is 0.756 e. The molecule has 5 nitrogen and oxygen atoms in total. The summed E-state index contributed by atoms with van der Waals surface area (Å²) in [7, 11) is 1.36. The lowest BCUT2D eigenvalue weighted by Gasteiger charge is -2.30. The summed E-state index contributed by atoms with van der Waals surface area (Å²) in [5.74, 6) is 0. The van der Waals surface area contributed by atoms with Crippen molar-refractivity contribution in [1.29, 1.82) is 0 Å². The van der Waals surface area contributed by atoms with Crippen molar-refractivity contribution in [3.05, 3.63) is 0 Å². The van der Waals surface area contributed by atoms with Crippen molar-refractivity contribution in [2.24, 2.45) is 5.41 Å². The van der Waals surface area contributed by atoms with Gasteiger partial charge in [0, 0.05) is 0 Å². The highest BCUT2D eigenvalue weighted by molar-refractivity contribution is 7.45. The van der Waals surface area contributed by atoms with Gasteiger partial charge in [0.25, 0.3) is 7.82 Å². The lowest BCUT2D eigenvalue weighted by atomic mass is 9.99. The standard InChI is InChI=1S/C9H22NO4P/c1-9(2,3)7-13-15(11,12)14-8-10(4,5)6/h7-8H2,1-6H3. The van der Waals surface area contributed by atoms with E-state index >= 15 is 0 Å². The van der Waals surface area contributed by atoms with Crippen LogP contribution in [-0.4, -0.2) is 39.0 Å². The number of phosphoric acid groups is 1. The highest BCUT2D eigenvalue weighted by atomic mass is 31.2. The molecule has 0 bridgehead atoms. The summed E-state index contributed by atoms with van der Waals surface area (Å²) in [5, 5.41) is 0. The molecule has 0 aromatic carbocycles. The monoisotopic (exact) mass is 239 g/mol. The molecule has 0 heterocycles. The van der Waals surface area contributed by atoms with Gasteiger partial charge in [0.2, 0.25) is 0 Å². The van der Waals surface area contributed by atoms with Crippen molar-refractivity contribution in [2.45, 2.75) is 20.8 Å². The minimum atomic E-state index is -4.15. The first-order valence-corrected chi connectivity index (χ1v) is 6.28. The minimum absolute atomic E-state index is 0.0743. The predicted molar refractivity (Wildman–Crippen MR) is 57.0 cm³/mol. The highest BCUT2D eigenvalue weighted by Gasteiger charge is 2.19. The maximum absolute atomic E-state index is 11.3. The molecule has 0 fully saturated rings. The Morgan fingerprint density at radius 1 is 1.20 bits per heavy atom. The van der Waals surface area contributed by atoms with E-state index in [2.05, 4.69) is 0 Å². The second-order valence-electron chi connectivity index (χ2n) is 5.83. The normalized spacial score (nSPS) is 17.5.